The third-order valence-corrected chi connectivity index (χ3v) is 8.05. The van der Waals surface area contributed by atoms with E-state index in [0.29, 0.717) is 25.3 Å². The summed E-state index contributed by atoms with van der Waals surface area (Å²) in [6.45, 7) is 8.43. The highest BCUT2D eigenvalue weighted by molar-refractivity contribution is 7.53. The van der Waals surface area contributed by atoms with E-state index in [4.69, 9.17) is 13.8 Å². The van der Waals surface area contributed by atoms with Gasteiger partial charge >= 0.3 is 7.60 Å². The van der Waals surface area contributed by atoms with Crippen molar-refractivity contribution in [1.29, 1.82) is 0 Å². The molecule has 0 bridgehead atoms. The minimum absolute atomic E-state index is 0.514. The fourth-order valence-electron chi connectivity index (χ4n) is 3.70. The molecule has 188 valence electrons. The average molecular weight is 463 g/mol. The molecule has 2 atom stereocenters. The van der Waals surface area contributed by atoms with E-state index < -0.39 is 7.60 Å². The lowest BCUT2D eigenvalue weighted by molar-refractivity contribution is 0.163. The van der Waals surface area contributed by atoms with Gasteiger partial charge in [0.25, 0.3) is 0 Å². The summed E-state index contributed by atoms with van der Waals surface area (Å²) in [6, 6.07) is 0. The summed E-state index contributed by atoms with van der Waals surface area (Å²) in [5.74, 6) is 0.514. The van der Waals surface area contributed by atoms with Crippen LogP contribution in [0, 0.1) is 5.92 Å². The summed E-state index contributed by atoms with van der Waals surface area (Å²) in [4.78, 5) is 0. The Morgan fingerprint density at radius 1 is 0.613 bits per heavy atom. The molecule has 2 unspecified atom stereocenters. The molecule has 0 aromatic heterocycles. The van der Waals surface area contributed by atoms with Gasteiger partial charge in [0.1, 0.15) is 0 Å². The first-order valence-electron chi connectivity index (χ1n) is 13.4. The Bertz CT molecular complexity index is 403. The van der Waals surface area contributed by atoms with Gasteiger partial charge in [-0.1, -0.05) is 104 Å². The van der Waals surface area contributed by atoms with Gasteiger partial charge in [-0.3, -0.25) is 4.57 Å². The summed E-state index contributed by atoms with van der Waals surface area (Å²) in [5, 5.41) is 0. The van der Waals surface area contributed by atoms with Crippen LogP contribution >= 0.6 is 7.60 Å². The summed E-state index contributed by atoms with van der Waals surface area (Å²) in [7, 11) is -1.21. The zero-order valence-corrected chi connectivity index (χ0v) is 22.4. The number of hydrogen-bond donors (Lipinski definition) is 0. The smallest absolute Gasteiger partial charge is 0.330 e. The van der Waals surface area contributed by atoms with Gasteiger partial charge in [0, 0.05) is 13.7 Å². The molecule has 0 fully saturated rings. The van der Waals surface area contributed by atoms with Crippen molar-refractivity contribution in [1.82, 2.24) is 0 Å². The minimum Gasteiger partial charge on any atom is -0.385 e. The molecule has 0 rings (SSSR count). The summed E-state index contributed by atoms with van der Waals surface area (Å²) < 4.78 is 29.7. The first-order valence-corrected chi connectivity index (χ1v) is 15.2. The van der Waals surface area contributed by atoms with Gasteiger partial charge in [0.05, 0.1) is 19.4 Å². The Morgan fingerprint density at radius 3 is 1.58 bits per heavy atom. The Hall–Kier alpha value is 0.110. The van der Waals surface area contributed by atoms with E-state index >= 15 is 0 Å². The molecular weight excluding hydrogens is 407 g/mol. The van der Waals surface area contributed by atoms with Crippen molar-refractivity contribution in [3.05, 3.63) is 0 Å². The predicted molar refractivity (Wildman–Crippen MR) is 135 cm³/mol. The van der Waals surface area contributed by atoms with Gasteiger partial charge in [0.2, 0.25) is 0 Å². The van der Waals surface area contributed by atoms with E-state index in [9.17, 15) is 4.57 Å². The predicted octanol–water partition coefficient (Wildman–Crippen LogP) is 9.17. The van der Waals surface area contributed by atoms with Crippen LogP contribution < -0.4 is 0 Å². The number of unbranched alkanes of at least 4 members (excludes halogenated alkanes) is 13. The van der Waals surface area contributed by atoms with Gasteiger partial charge in [-0.25, -0.2) is 0 Å². The Morgan fingerprint density at radius 2 is 1.06 bits per heavy atom. The topological polar surface area (TPSA) is 44.8 Å². The first kappa shape index (κ1) is 31.1. The van der Waals surface area contributed by atoms with Crippen molar-refractivity contribution in [2.45, 2.75) is 130 Å². The van der Waals surface area contributed by atoms with Crippen LogP contribution in [0.5, 0.6) is 0 Å². The average Bonchev–Trinajstić information content (AvgIpc) is 2.76. The van der Waals surface area contributed by atoms with Crippen LogP contribution in [0.1, 0.15) is 130 Å². The first-order chi connectivity index (χ1) is 15.1. The molecule has 4 nitrogen and oxygen atoms in total. The van der Waals surface area contributed by atoms with Gasteiger partial charge in [0.15, 0.2) is 0 Å². The van der Waals surface area contributed by atoms with Crippen LogP contribution in [0.15, 0.2) is 0 Å². The zero-order valence-electron chi connectivity index (χ0n) is 21.5. The van der Waals surface area contributed by atoms with E-state index in [1.807, 2.05) is 0 Å². The fourth-order valence-corrected chi connectivity index (χ4v) is 5.53. The molecule has 0 aliphatic rings. The van der Waals surface area contributed by atoms with Gasteiger partial charge in [-0.15, -0.1) is 0 Å². The molecule has 0 aliphatic carbocycles. The molecule has 0 aromatic rings. The fraction of sp³-hybridized carbons (Fsp3) is 1.00. The van der Waals surface area contributed by atoms with Crippen molar-refractivity contribution in [2.75, 3.05) is 33.1 Å². The maximum absolute atomic E-state index is 13.0. The molecule has 0 aliphatic heterocycles. The molecule has 0 amide bonds. The van der Waals surface area contributed by atoms with E-state index in [1.165, 1.54) is 77.0 Å². The summed E-state index contributed by atoms with van der Waals surface area (Å²) in [6.07, 6.45) is 21.7. The highest BCUT2D eigenvalue weighted by Crippen LogP contribution is 2.49. The SMILES string of the molecule is CCCCCCCCCCCCCCCOP(=O)(CCCC)OCCC(C)CCOC. The largest absolute Gasteiger partial charge is 0.385 e. The van der Waals surface area contributed by atoms with Crippen LogP contribution in [-0.4, -0.2) is 33.1 Å². The van der Waals surface area contributed by atoms with E-state index in [-0.39, 0.29) is 0 Å². The third kappa shape index (κ3) is 21.7. The number of rotatable bonds is 25. The lowest BCUT2D eigenvalue weighted by atomic mass is 10.0. The standard InChI is InChI=1S/C26H55O4P/c1-5-7-9-10-11-12-13-14-15-16-17-18-19-22-29-31(27,25-8-6-2)30-24-21-26(3)20-23-28-4/h26H,5-25H2,1-4H3. The summed E-state index contributed by atoms with van der Waals surface area (Å²) in [5.41, 5.74) is 0. The van der Waals surface area contributed by atoms with Crippen molar-refractivity contribution in [2.24, 2.45) is 5.92 Å². The van der Waals surface area contributed by atoms with E-state index in [2.05, 4.69) is 20.8 Å². The van der Waals surface area contributed by atoms with Gasteiger partial charge < -0.3 is 13.8 Å². The quantitative estimate of drug-likeness (QED) is 0.100. The molecule has 0 spiro atoms. The molecule has 31 heavy (non-hydrogen) atoms. The molecule has 0 saturated carbocycles. The second-order valence-electron chi connectivity index (χ2n) is 9.27. The molecule has 5 heteroatoms. The molecule has 0 saturated heterocycles. The number of hydrogen-bond acceptors (Lipinski definition) is 4. The Balaban J connectivity index is 3.73. The zero-order chi connectivity index (χ0) is 23.0. The van der Waals surface area contributed by atoms with Gasteiger partial charge in [-0.05, 0) is 31.6 Å². The van der Waals surface area contributed by atoms with Crippen LogP contribution in [0.3, 0.4) is 0 Å². The van der Waals surface area contributed by atoms with Crippen LogP contribution in [0.25, 0.3) is 0 Å². The number of ether oxygens (including phenoxy) is 1. The van der Waals surface area contributed by atoms with Crippen molar-refractivity contribution < 1.29 is 18.3 Å². The second kappa shape index (κ2) is 23.3. The van der Waals surface area contributed by atoms with Gasteiger partial charge in [-0.2, -0.15) is 0 Å². The van der Waals surface area contributed by atoms with Crippen molar-refractivity contribution in [3.8, 4) is 0 Å². The Labute approximate surface area is 195 Å². The van der Waals surface area contributed by atoms with Crippen LogP contribution in [-0.2, 0) is 18.3 Å². The van der Waals surface area contributed by atoms with Crippen LogP contribution in [0.2, 0.25) is 0 Å². The van der Waals surface area contributed by atoms with Crippen LogP contribution in [0.4, 0.5) is 0 Å². The maximum Gasteiger partial charge on any atom is 0.330 e. The lowest BCUT2D eigenvalue weighted by Gasteiger charge is -2.19. The molecule has 0 heterocycles. The molecule has 0 radical (unpaired) electrons. The van der Waals surface area contributed by atoms with E-state index in [0.717, 1.165) is 38.7 Å². The third-order valence-electron chi connectivity index (χ3n) is 6.03. The van der Waals surface area contributed by atoms with Crippen molar-refractivity contribution >= 4 is 7.60 Å². The highest BCUT2D eigenvalue weighted by Gasteiger charge is 2.23. The second-order valence-corrected chi connectivity index (χ2v) is 11.5. The maximum atomic E-state index is 13.0. The minimum atomic E-state index is -2.93. The summed E-state index contributed by atoms with van der Waals surface area (Å²) >= 11 is 0. The highest BCUT2D eigenvalue weighted by atomic mass is 31.2. The van der Waals surface area contributed by atoms with Crippen molar-refractivity contribution in [3.63, 3.8) is 0 Å². The number of methoxy groups -OCH3 is 1. The molecule has 0 aromatic carbocycles. The molecule has 0 N–H and O–H groups in total. The lowest BCUT2D eigenvalue weighted by Crippen LogP contribution is -2.07. The Kier molecular flexibility index (Phi) is 23.4. The normalized spacial score (nSPS) is 14.6. The monoisotopic (exact) mass is 462 g/mol. The van der Waals surface area contributed by atoms with E-state index in [1.54, 1.807) is 7.11 Å². The molecular formula is C26H55O4P.